The van der Waals surface area contributed by atoms with Crippen molar-refractivity contribution in [1.29, 1.82) is 0 Å². The monoisotopic (exact) mass is 238 g/mol. The van der Waals surface area contributed by atoms with E-state index < -0.39 is 0 Å². The number of nitrogens with one attached hydrogen (secondary N) is 2. The molecular formula is C13H22N2O2. The van der Waals surface area contributed by atoms with Gasteiger partial charge in [0.25, 0.3) is 5.91 Å². The molecule has 4 heteroatoms. The lowest BCUT2D eigenvalue weighted by molar-refractivity contribution is 0.0897. The zero-order valence-electron chi connectivity index (χ0n) is 11.0. The fraction of sp³-hybridized carbons (Fsp3) is 0.615. The molecule has 3 N–H and O–H groups in total. The number of rotatable bonds is 4. The van der Waals surface area contributed by atoms with Gasteiger partial charge in [-0.25, -0.2) is 0 Å². The second-order valence-corrected chi connectivity index (χ2v) is 5.63. The summed E-state index contributed by atoms with van der Waals surface area (Å²) in [4.78, 5) is 14.9. The Labute approximate surface area is 102 Å². The maximum atomic E-state index is 11.9. The first-order valence-electron chi connectivity index (χ1n) is 5.89. The summed E-state index contributed by atoms with van der Waals surface area (Å²) in [5.74, 6) is -0.132. The van der Waals surface area contributed by atoms with E-state index in [1.54, 1.807) is 12.3 Å². The van der Waals surface area contributed by atoms with Crippen molar-refractivity contribution >= 4 is 5.91 Å². The molecule has 0 saturated carbocycles. The van der Waals surface area contributed by atoms with E-state index in [0.717, 1.165) is 12.1 Å². The van der Waals surface area contributed by atoms with Gasteiger partial charge in [-0.15, -0.1) is 0 Å². The number of carbonyl (C=O) groups is 1. The Balaban J connectivity index is 2.63. The lowest BCUT2D eigenvalue weighted by Crippen LogP contribution is -2.40. The zero-order chi connectivity index (χ0) is 13.1. The minimum absolute atomic E-state index is 0.0352. The average Bonchev–Trinajstić information content (AvgIpc) is 2.61. The molecule has 96 valence electrons. The van der Waals surface area contributed by atoms with Gasteiger partial charge < -0.3 is 15.4 Å². The third kappa shape index (κ3) is 4.23. The van der Waals surface area contributed by atoms with Gasteiger partial charge in [0.05, 0.1) is 18.2 Å². The van der Waals surface area contributed by atoms with Gasteiger partial charge in [-0.2, -0.15) is 0 Å². The molecule has 17 heavy (non-hydrogen) atoms. The van der Waals surface area contributed by atoms with Crippen molar-refractivity contribution in [3.63, 3.8) is 0 Å². The second-order valence-electron chi connectivity index (χ2n) is 5.63. The van der Waals surface area contributed by atoms with Crippen LogP contribution in [0.4, 0.5) is 0 Å². The Kier molecular flexibility index (Phi) is 4.34. The SMILES string of the molecule is Cc1[nH]ccc1C(=O)NC(CO)CC(C)(C)C. The zero-order valence-corrected chi connectivity index (χ0v) is 11.0. The Bertz CT molecular complexity index is 377. The lowest BCUT2D eigenvalue weighted by atomic mass is 9.88. The number of aromatic amines is 1. The first-order chi connectivity index (χ1) is 7.83. The van der Waals surface area contributed by atoms with Gasteiger partial charge in [-0.05, 0) is 24.8 Å². The molecular weight excluding hydrogens is 216 g/mol. The number of H-pyrrole nitrogens is 1. The van der Waals surface area contributed by atoms with Crippen molar-refractivity contribution in [2.45, 2.75) is 40.2 Å². The summed E-state index contributed by atoms with van der Waals surface area (Å²) in [5.41, 5.74) is 1.56. The van der Waals surface area contributed by atoms with Crippen molar-refractivity contribution in [2.24, 2.45) is 5.41 Å². The Hall–Kier alpha value is -1.29. The molecule has 0 aliphatic carbocycles. The van der Waals surface area contributed by atoms with Crippen LogP contribution in [0.2, 0.25) is 0 Å². The number of aromatic nitrogens is 1. The van der Waals surface area contributed by atoms with E-state index in [9.17, 15) is 9.90 Å². The molecule has 0 aliphatic rings. The van der Waals surface area contributed by atoms with Gasteiger partial charge >= 0.3 is 0 Å². The van der Waals surface area contributed by atoms with Crippen LogP contribution in [-0.4, -0.2) is 28.6 Å². The van der Waals surface area contributed by atoms with Crippen LogP contribution in [0.3, 0.4) is 0 Å². The predicted octanol–water partition coefficient (Wildman–Crippen LogP) is 1.85. The summed E-state index contributed by atoms with van der Waals surface area (Å²) in [6.45, 7) is 8.08. The number of hydrogen-bond acceptors (Lipinski definition) is 2. The molecule has 0 bridgehead atoms. The molecule has 0 radical (unpaired) electrons. The van der Waals surface area contributed by atoms with Crippen LogP contribution < -0.4 is 5.32 Å². The van der Waals surface area contributed by atoms with Gasteiger partial charge in [0.2, 0.25) is 0 Å². The summed E-state index contributed by atoms with van der Waals surface area (Å²) >= 11 is 0. The molecule has 0 aromatic carbocycles. The van der Waals surface area contributed by atoms with E-state index in [1.807, 2.05) is 6.92 Å². The first kappa shape index (κ1) is 13.8. The summed E-state index contributed by atoms with van der Waals surface area (Å²) in [6, 6.07) is 1.55. The van der Waals surface area contributed by atoms with Crippen molar-refractivity contribution in [3.05, 3.63) is 23.5 Å². The van der Waals surface area contributed by atoms with E-state index in [0.29, 0.717) is 5.56 Å². The predicted molar refractivity (Wildman–Crippen MR) is 67.9 cm³/mol. The fourth-order valence-corrected chi connectivity index (χ4v) is 1.86. The molecule has 1 rings (SSSR count). The topological polar surface area (TPSA) is 65.1 Å². The van der Waals surface area contributed by atoms with Gasteiger partial charge in [-0.1, -0.05) is 20.8 Å². The molecule has 1 aromatic heterocycles. The van der Waals surface area contributed by atoms with Crippen LogP contribution in [0.1, 0.15) is 43.2 Å². The molecule has 1 heterocycles. The molecule has 0 saturated heterocycles. The first-order valence-corrected chi connectivity index (χ1v) is 5.89. The van der Waals surface area contributed by atoms with E-state index in [4.69, 9.17) is 0 Å². The molecule has 4 nitrogen and oxygen atoms in total. The van der Waals surface area contributed by atoms with Crippen molar-refractivity contribution in [3.8, 4) is 0 Å². The van der Waals surface area contributed by atoms with Crippen LogP contribution in [0.25, 0.3) is 0 Å². The average molecular weight is 238 g/mol. The number of aliphatic hydroxyl groups excluding tert-OH is 1. The van der Waals surface area contributed by atoms with Crippen molar-refractivity contribution < 1.29 is 9.90 Å². The summed E-state index contributed by atoms with van der Waals surface area (Å²) in [7, 11) is 0. The van der Waals surface area contributed by atoms with Crippen LogP contribution in [0.15, 0.2) is 12.3 Å². The van der Waals surface area contributed by atoms with Crippen molar-refractivity contribution in [1.82, 2.24) is 10.3 Å². The van der Waals surface area contributed by atoms with E-state index in [2.05, 4.69) is 31.1 Å². The largest absolute Gasteiger partial charge is 0.394 e. The standard InChI is InChI=1S/C13H22N2O2/c1-9-11(5-6-14-9)12(17)15-10(8-16)7-13(2,3)4/h5-6,10,14,16H,7-8H2,1-4H3,(H,15,17). The molecule has 1 unspecified atom stereocenters. The minimum Gasteiger partial charge on any atom is -0.394 e. The van der Waals surface area contributed by atoms with Gasteiger partial charge in [-0.3, -0.25) is 4.79 Å². The fourth-order valence-electron chi connectivity index (χ4n) is 1.86. The number of aliphatic hydroxyl groups is 1. The Morgan fingerprint density at radius 3 is 2.59 bits per heavy atom. The number of amides is 1. The molecule has 0 fully saturated rings. The Morgan fingerprint density at radius 2 is 2.18 bits per heavy atom. The highest BCUT2D eigenvalue weighted by atomic mass is 16.3. The lowest BCUT2D eigenvalue weighted by Gasteiger charge is -2.25. The minimum atomic E-state index is -0.197. The van der Waals surface area contributed by atoms with E-state index in [-0.39, 0.29) is 24.0 Å². The number of hydrogen-bond donors (Lipinski definition) is 3. The van der Waals surface area contributed by atoms with Gasteiger partial charge in [0.1, 0.15) is 0 Å². The molecule has 1 amide bonds. The van der Waals surface area contributed by atoms with Crippen LogP contribution in [-0.2, 0) is 0 Å². The molecule has 1 atom stereocenters. The third-order valence-electron chi connectivity index (χ3n) is 2.61. The third-order valence-corrected chi connectivity index (χ3v) is 2.61. The normalized spacial score (nSPS) is 13.5. The smallest absolute Gasteiger partial charge is 0.253 e. The van der Waals surface area contributed by atoms with Crippen LogP contribution in [0.5, 0.6) is 0 Å². The maximum absolute atomic E-state index is 11.9. The highest BCUT2D eigenvalue weighted by molar-refractivity contribution is 5.95. The molecule has 0 aliphatic heterocycles. The highest BCUT2D eigenvalue weighted by Gasteiger charge is 2.21. The number of carbonyl (C=O) groups excluding carboxylic acids is 1. The maximum Gasteiger partial charge on any atom is 0.253 e. The summed E-state index contributed by atoms with van der Waals surface area (Å²) in [6.07, 6.45) is 2.49. The van der Waals surface area contributed by atoms with Crippen molar-refractivity contribution in [2.75, 3.05) is 6.61 Å². The number of aryl methyl sites for hydroxylation is 1. The van der Waals surface area contributed by atoms with Crippen LogP contribution in [0, 0.1) is 12.3 Å². The Morgan fingerprint density at radius 1 is 1.53 bits per heavy atom. The van der Waals surface area contributed by atoms with Gasteiger partial charge in [0.15, 0.2) is 0 Å². The van der Waals surface area contributed by atoms with E-state index in [1.165, 1.54) is 0 Å². The summed E-state index contributed by atoms with van der Waals surface area (Å²) in [5, 5.41) is 12.1. The highest BCUT2D eigenvalue weighted by Crippen LogP contribution is 2.20. The second kappa shape index (κ2) is 5.36. The molecule has 0 spiro atoms. The van der Waals surface area contributed by atoms with Gasteiger partial charge in [0, 0.05) is 11.9 Å². The van der Waals surface area contributed by atoms with Crippen LogP contribution >= 0.6 is 0 Å². The molecule has 1 aromatic rings. The quantitative estimate of drug-likeness (QED) is 0.749. The summed E-state index contributed by atoms with van der Waals surface area (Å²) < 4.78 is 0. The van der Waals surface area contributed by atoms with E-state index >= 15 is 0 Å².